The highest BCUT2D eigenvalue weighted by molar-refractivity contribution is 7.12. The average molecular weight is 425 g/mol. The fourth-order valence-electron chi connectivity index (χ4n) is 4.78. The Kier molecular flexibility index (Phi) is 5.39. The third kappa shape index (κ3) is 3.79. The largest absolute Gasteiger partial charge is 0.370 e. The van der Waals surface area contributed by atoms with Crippen molar-refractivity contribution >= 4 is 11.3 Å². The van der Waals surface area contributed by atoms with Crippen LogP contribution in [0.2, 0.25) is 0 Å². The van der Waals surface area contributed by atoms with Crippen LogP contribution >= 0.6 is 11.3 Å². The summed E-state index contributed by atoms with van der Waals surface area (Å²) in [6, 6.07) is 4.75. The molecule has 0 unspecified atom stereocenters. The van der Waals surface area contributed by atoms with Crippen LogP contribution < -0.4 is 0 Å². The molecule has 7 nitrogen and oxygen atoms in total. The van der Waals surface area contributed by atoms with Gasteiger partial charge in [0.2, 0.25) is 0 Å². The maximum atomic E-state index is 6.47. The minimum absolute atomic E-state index is 0.0992. The van der Waals surface area contributed by atoms with Crippen molar-refractivity contribution in [2.24, 2.45) is 0 Å². The Balaban J connectivity index is 1.26. The van der Waals surface area contributed by atoms with E-state index in [0.717, 1.165) is 56.8 Å². The quantitative estimate of drug-likeness (QED) is 0.627. The van der Waals surface area contributed by atoms with Crippen LogP contribution in [-0.4, -0.2) is 49.1 Å². The molecular weight excluding hydrogens is 396 g/mol. The Morgan fingerprint density at radius 3 is 3.03 bits per heavy atom. The second-order valence-electron chi connectivity index (χ2n) is 8.38. The van der Waals surface area contributed by atoms with Gasteiger partial charge in [0.1, 0.15) is 6.33 Å². The zero-order valence-electron chi connectivity index (χ0n) is 17.6. The molecule has 5 rings (SSSR count). The van der Waals surface area contributed by atoms with E-state index in [-0.39, 0.29) is 5.60 Å². The standard InChI is InChI=1S/C22H28N6OS/c1-3-19-10-20-21(30-19)5-9-29-22(20)6-8-27(16(2)11-22)12-18-14-28(26-25-18)13-17-4-7-23-15-24-17/h4,7,10,14-16H,3,5-6,8-9,11-13H2,1-2H3/t16-,22+/m0/s1. The molecule has 3 aromatic rings. The predicted octanol–water partition coefficient (Wildman–Crippen LogP) is 3.19. The van der Waals surface area contributed by atoms with E-state index in [0.29, 0.717) is 12.6 Å². The molecule has 1 fully saturated rings. The molecule has 0 saturated carbocycles. The van der Waals surface area contributed by atoms with Crippen LogP contribution in [0.5, 0.6) is 0 Å². The Bertz CT molecular complexity index is 1000. The van der Waals surface area contributed by atoms with Crippen molar-refractivity contribution < 1.29 is 4.74 Å². The van der Waals surface area contributed by atoms with Crippen molar-refractivity contribution in [2.45, 2.75) is 64.3 Å². The maximum absolute atomic E-state index is 6.47. The van der Waals surface area contributed by atoms with Crippen molar-refractivity contribution in [3.8, 4) is 0 Å². The van der Waals surface area contributed by atoms with Gasteiger partial charge in [0, 0.05) is 41.5 Å². The lowest BCUT2D eigenvalue weighted by Crippen LogP contribution is -2.50. The highest BCUT2D eigenvalue weighted by Crippen LogP contribution is 2.46. The van der Waals surface area contributed by atoms with E-state index in [1.807, 2.05) is 28.3 Å². The normalized spacial score (nSPS) is 24.3. The molecule has 0 aromatic carbocycles. The van der Waals surface area contributed by atoms with Crippen LogP contribution in [0.15, 0.2) is 30.9 Å². The molecule has 2 atom stereocenters. The lowest BCUT2D eigenvalue weighted by atomic mass is 9.79. The van der Waals surface area contributed by atoms with Crippen molar-refractivity contribution in [3.63, 3.8) is 0 Å². The summed E-state index contributed by atoms with van der Waals surface area (Å²) in [7, 11) is 0. The molecule has 5 heterocycles. The summed E-state index contributed by atoms with van der Waals surface area (Å²) >= 11 is 1.99. The van der Waals surface area contributed by atoms with Crippen LogP contribution in [0.1, 0.15) is 53.4 Å². The molecule has 2 aliphatic rings. The fraction of sp³-hybridized carbons (Fsp3) is 0.545. The number of ether oxygens (including phenoxy) is 1. The van der Waals surface area contributed by atoms with Gasteiger partial charge in [-0.25, -0.2) is 14.6 Å². The zero-order chi connectivity index (χ0) is 20.6. The summed E-state index contributed by atoms with van der Waals surface area (Å²) in [5, 5.41) is 8.68. The first-order valence-corrected chi connectivity index (χ1v) is 11.6. The van der Waals surface area contributed by atoms with Crippen molar-refractivity contribution in [2.75, 3.05) is 13.2 Å². The van der Waals surface area contributed by atoms with Crippen LogP contribution in [0.25, 0.3) is 0 Å². The van der Waals surface area contributed by atoms with Gasteiger partial charge in [0.25, 0.3) is 0 Å². The van der Waals surface area contributed by atoms with Gasteiger partial charge in [-0.2, -0.15) is 0 Å². The smallest absolute Gasteiger partial charge is 0.115 e. The lowest BCUT2D eigenvalue weighted by Gasteiger charge is -2.47. The van der Waals surface area contributed by atoms with Crippen LogP contribution in [-0.2, 0) is 36.3 Å². The Morgan fingerprint density at radius 2 is 2.23 bits per heavy atom. The summed E-state index contributed by atoms with van der Waals surface area (Å²) < 4.78 is 8.32. The first-order valence-electron chi connectivity index (χ1n) is 10.8. The van der Waals surface area contributed by atoms with Crippen molar-refractivity contribution in [1.82, 2.24) is 29.9 Å². The van der Waals surface area contributed by atoms with Crippen molar-refractivity contribution in [3.05, 3.63) is 57.6 Å². The number of fused-ring (bicyclic) bond motifs is 2. The van der Waals surface area contributed by atoms with Gasteiger partial charge in [-0.15, -0.1) is 16.4 Å². The summed E-state index contributed by atoms with van der Waals surface area (Å²) in [4.78, 5) is 13.8. The molecule has 0 aliphatic carbocycles. The van der Waals surface area contributed by atoms with E-state index in [1.54, 1.807) is 17.4 Å². The molecule has 0 radical (unpaired) electrons. The maximum Gasteiger partial charge on any atom is 0.115 e. The van der Waals surface area contributed by atoms with Gasteiger partial charge in [-0.3, -0.25) is 4.90 Å². The second kappa shape index (κ2) is 8.17. The highest BCUT2D eigenvalue weighted by atomic mass is 32.1. The van der Waals surface area contributed by atoms with E-state index < -0.39 is 0 Å². The van der Waals surface area contributed by atoms with Crippen LogP contribution in [0.3, 0.4) is 0 Å². The third-order valence-corrected chi connectivity index (χ3v) is 7.72. The van der Waals surface area contributed by atoms with E-state index in [4.69, 9.17) is 4.74 Å². The third-order valence-electron chi connectivity index (χ3n) is 6.38. The van der Waals surface area contributed by atoms with E-state index in [2.05, 4.69) is 45.1 Å². The molecule has 3 aromatic heterocycles. The van der Waals surface area contributed by atoms with E-state index in [9.17, 15) is 0 Å². The summed E-state index contributed by atoms with van der Waals surface area (Å²) in [5.74, 6) is 0. The molecular formula is C22H28N6OS. The molecule has 1 spiro atoms. The van der Waals surface area contributed by atoms with Crippen molar-refractivity contribution in [1.29, 1.82) is 0 Å². The SMILES string of the molecule is CCc1cc2c(s1)CCO[C@@]21CCN(Cc2cn(Cc3ccncn3)nn2)[C@@H](C)C1. The average Bonchev–Trinajstić information content (AvgIpc) is 3.38. The number of hydrogen-bond donors (Lipinski definition) is 0. The summed E-state index contributed by atoms with van der Waals surface area (Å²) in [6.45, 7) is 7.85. The Morgan fingerprint density at radius 1 is 1.30 bits per heavy atom. The Labute approximate surface area is 181 Å². The minimum atomic E-state index is -0.0992. The summed E-state index contributed by atoms with van der Waals surface area (Å²) in [5.41, 5.74) is 3.30. The van der Waals surface area contributed by atoms with Crippen LogP contribution in [0, 0.1) is 0 Å². The first-order chi connectivity index (χ1) is 14.6. The monoisotopic (exact) mass is 424 g/mol. The number of thiophene rings is 1. The molecule has 30 heavy (non-hydrogen) atoms. The lowest BCUT2D eigenvalue weighted by molar-refractivity contribution is -0.112. The van der Waals surface area contributed by atoms with Crippen LogP contribution in [0.4, 0.5) is 0 Å². The molecule has 1 saturated heterocycles. The first kappa shape index (κ1) is 19.8. The fourth-order valence-corrected chi connectivity index (χ4v) is 5.96. The number of rotatable bonds is 5. The number of piperidine rings is 1. The molecule has 8 heteroatoms. The molecule has 0 bridgehead atoms. The van der Waals surface area contributed by atoms with Gasteiger partial charge in [-0.05, 0) is 43.9 Å². The van der Waals surface area contributed by atoms with Gasteiger partial charge in [0.05, 0.1) is 36.3 Å². The molecule has 0 amide bonds. The van der Waals surface area contributed by atoms with Gasteiger partial charge in [-0.1, -0.05) is 12.1 Å². The minimum Gasteiger partial charge on any atom is -0.370 e. The number of likely N-dealkylation sites (tertiary alicyclic amines) is 1. The molecule has 158 valence electrons. The number of nitrogens with zero attached hydrogens (tertiary/aromatic N) is 6. The van der Waals surface area contributed by atoms with Gasteiger partial charge < -0.3 is 4.74 Å². The number of aryl methyl sites for hydroxylation is 1. The molecule has 0 N–H and O–H groups in total. The van der Waals surface area contributed by atoms with E-state index >= 15 is 0 Å². The Hall–Kier alpha value is -2.16. The van der Waals surface area contributed by atoms with E-state index in [1.165, 1.54) is 10.4 Å². The van der Waals surface area contributed by atoms with Gasteiger partial charge in [0.15, 0.2) is 0 Å². The summed E-state index contributed by atoms with van der Waals surface area (Å²) in [6.07, 6.45) is 9.60. The highest BCUT2D eigenvalue weighted by Gasteiger charge is 2.44. The topological polar surface area (TPSA) is 69.0 Å². The second-order valence-corrected chi connectivity index (χ2v) is 9.60. The number of aromatic nitrogens is 5. The zero-order valence-corrected chi connectivity index (χ0v) is 18.4. The number of hydrogen-bond acceptors (Lipinski definition) is 7. The predicted molar refractivity (Wildman–Crippen MR) is 115 cm³/mol. The molecule has 2 aliphatic heterocycles. The van der Waals surface area contributed by atoms with Gasteiger partial charge >= 0.3 is 0 Å².